The van der Waals surface area contributed by atoms with Gasteiger partial charge in [-0.15, -0.1) is 0 Å². The van der Waals surface area contributed by atoms with E-state index in [1.54, 1.807) is 26.4 Å². The van der Waals surface area contributed by atoms with Crippen molar-refractivity contribution < 1.29 is 14.3 Å². The summed E-state index contributed by atoms with van der Waals surface area (Å²) in [6.07, 6.45) is 2.70. The number of hydrogen-bond donors (Lipinski definition) is 2. The summed E-state index contributed by atoms with van der Waals surface area (Å²) in [6.45, 7) is 8.80. The number of anilines is 1. The van der Waals surface area contributed by atoms with Gasteiger partial charge >= 0.3 is 0 Å². The number of nitrogens with zero attached hydrogens (tertiary/aromatic N) is 1. The largest absolute Gasteiger partial charge is 0.497 e. The molecular weight excluding hydrogens is 330 g/mol. The summed E-state index contributed by atoms with van der Waals surface area (Å²) in [6, 6.07) is 6.61. The van der Waals surface area contributed by atoms with E-state index in [0.29, 0.717) is 35.7 Å². The third kappa shape index (κ3) is 5.88. The van der Waals surface area contributed by atoms with Crippen LogP contribution in [0, 0.1) is 0 Å². The molecule has 1 aliphatic heterocycles. The monoisotopic (exact) mass is 363 g/mol. The SMILES string of the molecule is COc1ccc(NC(=O)CC(C)NC2CCN(C(C)C)CC2)c(OC)c1. The summed E-state index contributed by atoms with van der Waals surface area (Å²) >= 11 is 0. The Labute approximate surface area is 157 Å². The number of carbonyl (C=O) groups excluding carboxylic acids is 1. The fourth-order valence-corrected chi connectivity index (χ4v) is 3.42. The van der Waals surface area contributed by atoms with Crippen LogP contribution in [-0.4, -0.2) is 56.2 Å². The highest BCUT2D eigenvalue weighted by Crippen LogP contribution is 2.29. The summed E-state index contributed by atoms with van der Waals surface area (Å²) in [4.78, 5) is 14.9. The van der Waals surface area contributed by atoms with Crippen LogP contribution < -0.4 is 20.1 Å². The maximum absolute atomic E-state index is 12.4. The van der Waals surface area contributed by atoms with Gasteiger partial charge in [0.05, 0.1) is 19.9 Å². The average molecular weight is 364 g/mol. The second-order valence-corrected chi connectivity index (χ2v) is 7.29. The quantitative estimate of drug-likeness (QED) is 0.744. The van der Waals surface area contributed by atoms with E-state index in [0.717, 1.165) is 25.9 Å². The highest BCUT2D eigenvalue weighted by Gasteiger charge is 2.22. The van der Waals surface area contributed by atoms with E-state index in [-0.39, 0.29) is 11.9 Å². The highest BCUT2D eigenvalue weighted by molar-refractivity contribution is 5.92. The smallest absolute Gasteiger partial charge is 0.226 e. The minimum atomic E-state index is -0.0203. The molecule has 1 heterocycles. The van der Waals surface area contributed by atoms with Crippen LogP contribution in [0.3, 0.4) is 0 Å². The van der Waals surface area contributed by atoms with Crippen molar-refractivity contribution in [3.8, 4) is 11.5 Å². The van der Waals surface area contributed by atoms with E-state index in [4.69, 9.17) is 9.47 Å². The van der Waals surface area contributed by atoms with Crippen LogP contribution in [0.25, 0.3) is 0 Å². The normalized spacial score (nSPS) is 17.2. The van der Waals surface area contributed by atoms with Gasteiger partial charge < -0.3 is 25.0 Å². The number of benzene rings is 1. The van der Waals surface area contributed by atoms with Gasteiger partial charge in [-0.2, -0.15) is 0 Å². The number of carbonyl (C=O) groups is 1. The van der Waals surface area contributed by atoms with Crippen molar-refractivity contribution >= 4 is 11.6 Å². The molecule has 0 bridgehead atoms. The van der Waals surface area contributed by atoms with Gasteiger partial charge in [-0.25, -0.2) is 0 Å². The number of nitrogens with one attached hydrogen (secondary N) is 2. The van der Waals surface area contributed by atoms with Crippen LogP contribution in [0.15, 0.2) is 18.2 Å². The molecule has 2 rings (SSSR count). The molecule has 0 aliphatic carbocycles. The van der Waals surface area contributed by atoms with Crippen molar-refractivity contribution in [1.29, 1.82) is 0 Å². The second-order valence-electron chi connectivity index (χ2n) is 7.29. The van der Waals surface area contributed by atoms with Gasteiger partial charge in [0.15, 0.2) is 0 Å². The second kappa shape index (κ2) is 9.78. The van der Waals surface area contributed by atoms with Gasteiger partial charge in [-0.1, -0.05) is 0 Å². The molecule has 0 spiro atoms. The zero-order valence-corrected chi connectivity index (χ0v) is 16.7. The first kappa shape index (κ1) is 20.5. The molecule has 1 saturated heterocycles. The van der Waals surface area contributed by atoms with E-state index in [2.05, 4.69) is 36.3 Å². The molecule has 0 aromatic heterocycles. The van der Waals surface area contributed by atoms with Crippen molar-refractivity contribution in [2.45, 2.75) is 58.2 Å². The zero-order chi connectivity index (χ0) is 19.1. The first-order valence-corrected chi connectivity index (χ1v) is 9.45. The Balaban J connectivity index is 1.81. The summed E-state index contributed by atoms with van der Waals surface area (Å²) in [5.74, 6) is 1.27. The third-order valence-corrected chi connectivity index (χ3v) is 4.95. The summed E-state index contributed by atoms with van der Waals surface area (Å²) in [5, 5.41) is 6.54. The maximum Gasteiger partial charge on any atom is 0.226 e. The number of hydrogen-bond acceptors (Lipinski definition) is 5. The minimum absolute atomic E-state index is 0.0203. The predicted octanol–water partition coefficient (Wildman–Crippen LogP) is 2.88. The number of amides is 1. The van der Waals surface area contributed by atoms with Crippen molar-refractivity contribution in [3.63, 3.8) is 0 Å². The van der Waals surface area contributed by atoms with Crippen LogP contribution in [0.4, 0.5) is 5.69 Å². The third-order valence-electron chi connectivity index (χ3n) is 4.95. The number of methoxy groups -OCH3 is 2. The van der Waals surface area contributed by atoms with E-state index >= 15 is 0 Å². The molecule has 1 aliphatic rings. The Morgan fingerprint density at radius 1 is 1.19 bits per heavy atom. The van der Waals surface area contributed by atoms with Crippen molar-refractivity contribution in [3.05, 3.63) is 18.2 Å². The van der Waals surface area contributed by atoms with Gasteiger partial charge in [0.2, 0.25) is 5.91 Å². The molecule has 0 radical (unpaired) electrons. The first-order chi connectivity index (χ1) is 12.4. The lowest BCUT2D eigenvalue weighted by atomic mass is 10.0. The Morgan fingerprint density at radius 2 is 1.88 bits per heavy atom. The maximum atomic E-state index is 12.4. The van der Waals surface area contributed by atoms with E-state index in [9.17, 15) is 4.79 Å². The Kier molecular flexibility index (Phi) is 7.72. The molecule has 6 heteroatoms. The molecular formula is C20H33N3O3. The average Bonchev–Trinajstić information content (AvgIpc) is 2.62. The standard InChI is InChI=1S/C20H33N3O3/c1-14(2)23-10-8-16(9-11-23)21-15(3)12-20(24)22-18-7-6-17(25-4)13-19(18)26-5/h6-7,13-16,21H,8-12H2,1-5H3,(H,22,24). The Hall–Kier alpha value is -1.79. The molecule has 1 fully saturated rings. The van der Waals surface area contributed by atoms with Gasteiger partial charge in [-0.05, 0) is 58.8 Å². The Morgan fingerprint density at radius 3 is 2.46 bits per heavy atom. The van der Waals surface area contributed by atoms with Crippen molar-refractivity contribution in [2.24, 2.45) is 0 Å². The molecule has 1 unspecified atom stereocenters. The van der Waals surface area contributed by atoms with Gasteiger partial charge in [-0.3, -0.25) is 4.79 Å². The van der Waals surface area contributed by atoms with Gasteiger partial charge in [0, 0.05) is 30.6 Å². The predicted molar refractivity (Wildman–Crippen MR) is 105 cm³/mol. The molecule has 1 aromatic carbocycles. The molecule has 0 saturated carbocycles. The molecule has 26 heavy (non-hydrogen) atoms. The van der Waals surface area contributed by atoms with Crippen LogP contribution in [0.2, 0.25) is 0 Å². The fraction of sp³-hybridized carbons (Fsp3) is 0.650. The molecule has 146 valence electrons. The summed E-state index contributed by atoms with van der Waals surface area (Å²) < 4.78 is 10.5. The lowest BCUT2D eigenvalue weighted by molar-refractivity contribution is -0.116. The molecule has 1 aromatic rings. The zero-order valence-electron chi connectivity index (χ0n) is 16.7. The summed E-state index contributed by atoms with van der Waals surface area (Å²) in [7, 11) is 3.18. The molecule has 1 atom stereocenters. The first-order valence-electron chi connectivity index (χ1n) is 9.45. The lowest BCUT2D eigenvalue weighted by Gasteiger charge is -2.36. The van der Waals surface area contributed by atoms with Crippen molar-refractivity contribution in [2.75, 3.05) is 32.6 Å². The highest BCUT2D eigenvalue weighted by atomic mass is 16.5. The lowest BCUT2D eigenvalue weighted by Crippen LogP contribution is -2.47. The number of ether oxygens (including phenoxy) is 2. The van der Waals surface area contributed by atoms with E-state index < -0.39 is 0 Å². The van der Waals surface area contributed by atoms with Crippen LogP contribution >= 0.6 is 0 Å². The molecule has 6 nitrogen and oxygen atoms in total. The number of rotatable bonds is 8. The fourth-order valence-electron chi connectivity index (χ4n) is 3.42. The van der Waals surface area contributed by atoms with Crippen LogP contribution in [0.5, 0.6) is 11.5 Å². The van der Waals surface area contributed by atoms with E-state index in [1.165, 1.54) is 0 Å². The van der Waals surface area contributed by atoms with Crippen molar-refractivity contribution in [1.82, 2.24) is 10.2 Å². The minimum Gasteiger partial charge on any atom is -0.497 e. The number of piperidine rings is 1. The Bertz CT molecular complexity index is 584. The summed E-state index contributed by atoms with van der Waals surface area (Å²) in [5.41, 5.74) is 0.663. The van der Waals surface area contributed by atoms with E-state index in [1.807, 2.05) is 6.07 Å². The topological polar surface area (TPSA) is 62.8 Å². The van der Waals surface area contributed by atoms with Gasteiger partial charge in [0.25, 0.3) is 0 Å². The van der Waals surface area contributed by atoms with Crippen LogP contribution in [-0.2, 0) is 4.79 Å². The molecule has 2 N–H and O–H groups in total. The van der Waals surface area contributed by atoms with Crippen LogP contribution in [0.1, 0.15) is 40.0 Å². The number of likely N-dealkylation sites (tertiary alicyclic amines) is 1. The van der Waals surface area contributed by atoms with Gasteiger partial charge in [0.1, 0.15) is 11.5 Å². The molecule has 1 amide bonds.